The summed E-state index contributed by atoms with van der Waals surface area (Å²) in [7, 11) is 0. The van der Waals surface area contributed by atoms with Crippen molar-refractivity contribution in [2.24, 2.45) is 0 Å². The molecule has 2 aromatic heterocycles. The molecule has 0 aromatic carbocycles. The van der Waals surface area contributed by atoms with Gasteiger partial charge < -0.3 is 13.6 Å². The van der Waals surface area contributed by atoms with Crippen LogP contribution in [0.5, 0.6) is 0 Å². The molecule has 0 spiro atoms. The number of rotatable bonds is 3. The number of furan rings is 1. The molecule has 7 heteroatoms. The number of cyclic esters (lactones) is 1. The van der Waals surface area contributed by atoms with E-state index in [2.05, 4.69) is 10.2 Å². The highest BCUT2D eigenvalue weighted by atomic mass is 32.2. The minimum absolute atomic E-state index is 0.0523. The summed E-state index contributed by atoms with van der Waals surface area (Å²) in [5.74, 6) is 0.888. The molecule has 6 nitrogen and oxygen atoms in total. The van der Waals surface area contributed by atoms with Gasteiger partial charge >= 0.3 is 5.97 Å². The lowest BCUT2D eigenvalue weighted by Crippen LogP contribution is -2.09. The molecule has 2 atom stereocenters. The van der Waals surface area contributed by atoms with Gasteiger partial charge in [0.05, 0.1) is 11.8 Å². The molecule has 3 rings (SSSR count). The number of aromatic nitrogens is 2. The number of hydrogen-bond donors (Lipinski definition) is 0. The number of nitrogens with zero attached hydrogens (tertiary/aromatic N) is 2. The van der Waals surface area contributed by atoms with E-state index < -0.39 is 0 Å². The highest BCUT2D eigenvalue weighted by molar-refractivity contribution is 8.00. The van der Waals surface area contributed by atoms with Crippen LogP contribution in [0.25, 0.3) is 11.5 Å². The second-order valence-electron chi connectivity index (χ2n) is 4.35. The number of carbonyl (C=O) groups is 1. The van der Waals surface area contributed by atoms with Crippen LogP contribution in [-0.4, -0.2) is 27.5 Å². The standard InChI is InChI=1S/C12H12N2O4S/c1-6-5-9(11(15)17-6)19-12-14-13-10(18-12)8-3-4-16-7(8)2/h3-4,6,9H,5H2,1-2H3. The molecule has 0 aliphatic carbocycles. The maximum absolute atomic E-state index is 11.5. The third kappa shape index (κ3) is 2.37. The van der Waals surface area contributed by atoms with Gasteiger partial charge in [0.2, 0.25) is 0 Å². The van der Waals surface area contributed by atoms with Crippen molar-refractivity contribution < 1.29 is 18.4 Å². The van der Waals surface area contributed by atoms with Crippen molar-refractivity contribution >= 4 is 17.7 Å². The van der Waals surface area contributed by atoms with Crippen LogP contribution in [0.15, 0.2) is 26.4 Å². The van der Waals surface area contributed by atoms with E-state index in [9.17, 15) is 4.79 Å². The normalized spacial score (nSPS) is 22.7. The van der Waals surface area contributed by atoms with Crippen LogP contribution in [0.2, 0.25) is 0 Å². The summed E-state index contributed by atoms with van der Waals surface area (Å²) >= 11 is 1.24. The lowest BCUT2D eigenvalue weighted by molar-refractivity contribution is -0.140. The summed E-state index contributed by atoms with van der Waals surface area (Å²) in [6.07, 6.45) is 2.17. The molecule has 100 valence electrons. The Labute approximate surface area is 113 Å². The van der Waals surface area contributed by atoms with Crippen molar-refractivity contribution in [2.75, 3.05) is 0 Å². The molecule has 0 bridgehead atoms. The number of thioether (sulfide) groups is 1. The van der Waals surface area contributed by atoms with E-state index >= 15 is 0 Å². The molecular weight excluding hydrogens is 268 g/mol. The van der Waals surface area contributed by atoms with Crippen LogP contribution in [0.1, 0.15) is 19.1 Å². The van der Waals surface area contributed by atoms with Crippen LogP contribution in [0, 0.1) is 6.92 Å². The Morgan fingerprint density at radius 2 is 2.26 bits per heavy atom. The maximum Gasteiger partial charge on any atom is 0.320 e. The summed E-state index contributed by atoms with van der Waals surface area (Å²) in [6.45, 7) is 3.69. The van der Waals surface area contributed by atoms with Gasteiger partial charge in [-0.15, -0.1) is 10.2 Å². The molecule has 1 saturated heterocycles. The van der Waals surface area contributed by atoms with Crippen molar-refractivity contribution in [3.8, 4) is 11.5 Å². The zero-order chi connectivity index (χ0) is 13.4. The van der Waals surface area contributed by atoms with Gasteiger partial charge in [0, 0.05) is 6.42 Å². The van der Waals surface area contributed by atoms with Gasteiger partial charge in [-0.1, -0.05) is 0 Å². The van der Waals surface area contributed by atoms with E-state index in [0.29, 0.717) is 23.3 Å². The fourth-order valence-corrected chi connectivity index (χ4v) is 2.89. The lowest BCUT2D eigenvalue weighted by Gasteiger charge is -1.98. The molecule has 19 heavy (non-hydrogen) atoms. The van der Waals surface area contributed by atoms with Gasteiger partial charge in [-0.25, -0.2) is 0 Å². The van der Waals surface area contributed by atoms with E-state index in [1.54, 1.807) is 12.3 Å². The Hall–Kier alpha value is -1.76. The number of ether oxygens (including phenoxy) is 1. The van der Waals surface area contributed by atoms with Gasteiger partial charge in [-0.2, -0.15) is 0 Å². The average molecular weight is 280 g/mol. The van der Waals surface area contributed by atoms with E-state index in [0.717, 1.165) is 5.56 Å². The second kappa shape index (κ2) is 4.73. The van der Waals surface area contributed by atoms with Gasteiger partial charge in [-0.3, -0.25) is 4.79 Å². The number of aryl methyl sites for hydroxylation is 1. The minimum atomic E-state index is -0.270. The quantitative estimate of drug-likeness (QED) is 0.799. The Kier molecular flexibility index (Phi) is 3.06. The number of carbonyl (C=O) groups excluding carboxylic acids is 1. The van der Waals surface area contributed by atoms with Crippen molar-refractivity contribution in [2.45, 2.75) is 36.8 Å². The predicted octanol–water partition coefficient (Wildman–Crippen LogP) is 2.43. The van der Waals surface area contributed by atoms with Gasteiger partial charge in [0.1, 0.15) is 17.1 Å². The Morgan fingerprint density at radius 1 is 1.42 bits per heavy atom. The second-order valence-corrected chi connectivity index (χ2v) is 5.51. The Balaban J connectivity index is 1.76. The van der Waals surface area contributed by atoms with E-state index in [4.69, 9.17) is 13.6 Å². The average Bonchev–Trinajstić information content (AvgIpc) is 3.02. The highest BCUT2D eigenvalue weighted by Gasteiger charge is 2.34. The fourth-order valence-electron chi connectivity index (χ4n) is 1.91. The molecule has 2 unspecified atom stereocenters. The first kappa shape index (κ1) is 12.3. The van der Waals surface area contributed by atoms with Crippen LogP contribution in [0.4, 0.5) is 0 Å². The molecule has 1 fully saturated rings. The monoisotopic (exact) mass is 280 g/mol. The zero-order valence-electron chi connectivity index (χ0n) is 10.5. The Morgan fingerprint density at radius 3 is 2.89 bits per heavy atom. The van der Waals surface area contributed by atoms with E-state index in [1.807, 2.05) is 13.8 Å². The molecule has 0 saturated carbocycles. The highest BCUT2D eigenvalue weighted by Crippen LogP contribution is 2.33. The van der Waals surface area contributed by atoms with Crippen molar-refractivity contribution in [3.05, 3.63) is 18.1 Å². The molecule has 0 N–H and O–H groups in total. The molecule has 3 heterocycles. The van der Waals surface area contributed by atoms with Crippen LogP contribution in [0.3, 0.4) is 0 Å². The van der Waals surface area contributed by atoms with Gasteiger partial charge in [0.15, 0.2) is 0 Å². The summed E-state index contributed by atoms with van der Waals surface area (Å²) in [5.41, 5.74) is 0.765. The summed E-state index contributed by atoms with van der Waals surface area (Å²) in [6, 6.07) is 1.77. The van der Waals surface area contributed by atoms with Crippen molar-refractivity contribution in [1.29, 1.82) is 0 Å². The molecular formula is C12H12N2O4S. The lowest BCUT2D eigenvalue weighted by atomic mass is 10.3. The first-order valence-electron chi connectivity index (χ1n) is 5.88. The van der Waals surface area contributed by atoms with Crippen molar-refractivity contribution in [3.63, 3.8) is 0 Å². The molecule has 0 radical (unpaired) electrons. The third-order valence-electron chi connectivity index (χ3n) is 2.86. The topological polar surface area (TPSA) is 78.4 Å². The first-order valence-corrected chi connectivity index (χ1v) is 6.76. The van der Waals surface area contributed by atoms with E-state index in [-0.39, 0.29) is 17.3 Å². The minimum Gasteiger partial charge on any atom is -0.469 e. The molecule has 1 aliphatic rings. The summed E-state index contributed by atoms with van der Waals surface area (Å²) in [5, 5.41) is 7.99. The van der Waals surface area contributed by atoms with Crippen LogP contribution in [-0.2, 0) is 9.53 Å². The van der Waals surface area contributed by atoms with Crippen molar-refractivity contribution in [1.82, 2.24) is 10.2 Å². The summed E-state index contributed by atoms with van der Waals surface area (Å²) < 4.78 is 15.8. The largest absolute Gasteiger partial charge is 0.469 e. The number of hydrogen-bond acceptors (Lipinski definition) is 7. The predicted molar refractivity (Wildman–Crippen MR) is 66.6 cm³/mol. The third-order valence-corrected chi connectivity index (χ3v) is 3.90. The summed E-state index contributed by atoms with van der Waals surface area (Å²) in [4.78, 5) is 11.5. The zero-order valence-corrected chi connectivity index (χ0v) is 11.3. The first-order chi connectivity index (χ1) is 9.13. The maximum atomic E-state index is 11.5. The number of esters is 1. The van der Waals surface area contributed by atoms with E-state index in [1.165, 1.54) is 11.8 Å². The van der Waals surface area contributed by atoms with Gasteiger partial charge in [-0.05, 0) is 31.7 Å². The smallest absolute Gasteiger partial charge is 0.320 e. The SMILES string of the molecule is Cc1occc1-c1nnc(SC2CC(C)OC2=O)o1. The Bertz CT molecular complexity index is 606. The molecule has 0 amide bonds. The fraction of sp³-hybridized carbons (Fsp3) is 0.417. The van der Waals surface area contributed by atoms with Crippen LogP contribution < -0.4 is 0 Å². The van der Waals surface area contributed by atoms with Crippen LogP contribution >= 0.6 is 11.8 Å². The van der Waals surface area contributed by atoms with Gasteiger partial charge in [0.25, 0.3) is 11.1 Å². The molecule has 2 aromatic rings. The molecule has 1 aliphatic heterocycles.